The van der Waals surface area contributed by atoms with E-state index in [4.69, 9.17) is 5.73 Å². The van der Waals surface area contributed by atoms with E-state index in [1.807, 2.05) is 30.3 Å². The van der Waals surface area contributed by atoms with E-state index in [1.54, 1.807) is 6.20 Å². The second-order valence-electron chi connectivity index (χ2n) is 6.25. The highest BCUT2D eigenvalue weighted by molar-refractivity contribution is 7.18. The van der Waals surface area contributed by atoms with E-state index < -0.39 is 0 Å². The lowest BCUT2D eigenvalue weighted by Crippen LogP contribution is -2.30. The van der Waals surface area contributed by atoms with Crippen molar-refractivity contribution >= 4 is 27.4 Å². The Bertz CT molecular complexity index is 1130. The first-order valence-corrected chi connectivity index (χ1v) is 9.57. The maximum atomic E-state index is 9.27. The van der Waals surface area contributed by atoms with Crippen LogP contribution in [0.15, 0.2) is 54.9 Å². The molecule has 0 aliphatic rings. The lowest BCUT2D eigenvalue weighted by molar-refractivity contribution is 0.721. The van der Waals surface area contributed by atoms with Gasteiger partial charge in [-0.25, -0.2) is 4.98 Å². The average Bonchev–Trinajstić information content (AvgIpc) is 3.21. The predicted octanol–water partition coefficient (Wildman–Crippen LogP) is 3.00. The van der Waals surface area contributed by atoms with Crippen LogP contribution in [0.25, 0.3) is 21.6 Å². The topological polar surface area (TPSA) is 113 Å². The van der Waals surface area contributed by atoms with Crippen molar-refractivity contribution in [1.82, 2.24) is 20.2 Å². The third-order valence-corrected chi connectivity index (χ3v) is 5.18. The van der Waals surface area contributed by atoms with Crippen LogP contribution in [0.5, 0.6) is 0 Å². The first-order chi connectivity index (χ1) is 13.8. The molecule has 0 spiro atoms. The first-order valence-electron chi connectivity index (χ1n) is 8.76. The van der Waals surface area contributed by atoms with E-state index >= 15 is 0 Å². The Morgan fingerprint density at radius 3 is 2.75 bits per heavy atom. The molecular weight excluding hydrogens is 370 g/mol. The summed E-state index contributed by atoms with van der Waals surface area (Å²) < 4.78 is 0. The van der Waals surface area contributed by atoms with Gasteiger partial charge in [0.15, 0.2) is 5.01 Å². The standard InChI is InChI=1S/C20H17N7S/c21-9-15-12-23-11-14-6-7-17(25-18(14)15)19-26-27-20(28-19)24-16(10-22)8-13-4-2-1-3-5-13/h1-7,11-12,16H,8,10,22H2,(H,24,27)/t16-/m1/s1. The molecule has 0 aliphatic carbocycles. The number of fused-ring (bicyclic) bond motifs is 1. The van der Waals surface area contributed by atoms with Crippen molar-refractivity contribution in [1.29, 1.82) is 5.26 Å². The number of anilines is 1. The van der Waals surface area contributed by atoms with Gasteiger partial charge in [-0.15, -0.1) is 10.2 Å². The highest BCUT2D eigenvalue weighted by Gasteiger charge is 2.14. The fraction of sp³-hybridized carbons (Fsp3) is 0.150. The molecule has 1 atom stereocenters. The third-order valence-electron chi connectivity index (χ3n) is 4.30. The monoisotopic (exact) mass is 387 g/mol. The minimum absolute atomic E-state index is 0.0593. The Kier molecular flexibility index (Phi) is 5.19. The fourth-order valence-electron chi connectivity index (χ4n) is 2.90. The van der Waals surface area contributed by atoms with Crippen LogP contribution in [-0.2, 0) is 6.42 Å². The van der Waals surface area contributed by atoms with Gasteiger partial charge < -0.3 is 11.1 Å². The molecule has 7 nitrogen and oxygen atoms in total. The largest absolute Gasteiger partial charge is 0.356 e. The van der Waals surface area contributed by atoms with Gasteiger partial charge in [-0.05, 0) is 24.1 Å². The number of rotatable bonds is 6. The molecule has 3 aromatic heterocycles. The van der Waals surface area contributed by atoms with Gasteiger partial charge >= 0.3 is 0 Å². The van der Waals surface area contributed by atoms with Gasteiger partial charge in [0.05, 0.1) is 11.1 Å². The summed E-state index contributed by atoms with van der Waals surface area (Å²) in [5, 5.41) is 23.3. The molecular formula is C20H17N7S. The van der Waals surface area contributed by atoms with Crippen molar-refractivity contribution in [2.45, 2.75) is 12.5 Å². The fourth-order valence-corrected chi connectivity index (χ4v) is 3.69. The zero-order chi connectivity index (χ0) is 19.3. The van der Waals surface area contributed by atoms with E-state index in [2.05, 4.69) is 43.7 Å². The lowest BCUT2D eigenvalue weighted by Gasteiger charge is -2.15. The minimum Gasteiger partial charge on any atom is -0.356 e. The van der Waals surface area contributed by atoms with E-state index in [0.717, 1.165) is 11.8 Å². The van der Waals surface area contributed by atoms with E-state index in [1.165, 1.54) is 23.1 Å². The van der Waals surface area contributed by atoms with Crippen LogP contribution < -0.4 is 11.1 Å². The number of nitriles is 1. The molecule has 1 aromatic carbocycles. The molecule has 0 saturated heterocycles. The Balaban J connectivity index is 1.55. The molecule has 0 radical (unpaired) electrons. The quantitative estimate of drug-likeness (QED) is 0.523. The molecule has 0 saturated carbocycles. The molecule has 0 fully saturated rings. The Morgan fingerprint density at radius 1 is 1.11 bits per heavy atom. The van der Waals surface area contributed by atoms with Crippen LogP contribution >= 0.6 is 11.3 Å². The lowest BCUT2D eigenvalue weighted by atomic mass is 10.1. The van der Waals surface area contributed by atoms with Gasteiger partial charge in [0, 0.05) is 30.4 Å². The molecule has 0 unspecified atom stereocenters. The molecule has 0 amide bonds. The summed E-state index contributed by atoms with van der Waals surface area (Å²) >= 11 is 1.41. The Labute approximate surface area is 165 Å². The molecule has 8 heteroatoms. The third kappa shape index (κ3) is 3.81. The molecule has 0 bridgehead atoms. The molecule has 3 heterocycles. The second-order valence-corrected chi connectivity index (χ2v) is 7.22. The van der Waals surface area contributed by atoms with Gasteiger partial charge in [0.2, 0.25) is 5.13 Å². The number of benzene rings is 1. The normalized spacial score (nSPS) is 11.9. The number of aromatic nitrogens is 4. The van der Waals surface area contributed by atoms with Crippen LogP contribution in [0.2, 0.25) is 0 Å². The van der Waals surface area contributed by atoms with Gasteiger partial charge in [0.25, 0.3) is 0 Å². The Morgan fingerprint density at radius 2 is 1.96 bits per heavy atom. The summed E-state index contributed by atoms with van der Waals surface area (Å²) in [5.74, 6) is 0. The number of pyridine rings is 2. The molecule has 4 rings (SSSR count). The second kappa shape index (κ2) is 8.08. The highest BCUT2D eigenvalue weighted by Crippen LogP contribution is 2.27. The van der Waals surface area contributed by atoms with Crippen LogP contribution in [0.1, 0.15) is 11.1 Å². The summed E-state index contributed by atoms with van der Waals surface area (Å²) in [6.07, 6.45) is 4.01. The summed E-state index contributed by atoms with van der Waals surface area (Å²) in [7, 11) is 0. The average molecular weight is 387 g/mol. The van der Waals surface area contributed by atoms with Gasteiger partial charge in [-0.2, -0.15) is 5.26 Å². The molecule has 138 valence electrons. The molecule has 3 N–H and O–H groups in total. The summed E-state index contributed by atoms with van der Waals surface area (Å²) in [6, 6.07) is 16.1. The zero-order valence-electron chi connectivity index (χ0n) is 14.9. The van der Waals surface area contributed by atoms with Crippen LogP contribution in [0.3, 0.4) is 0 Å². The molecule has 0 aliphatic heterocycles. The van der Waals surface area contributed by atoms with Crippen molar-refractivity contribution in [2.24, 2.45) is 5.73 Å². The maximum absolute atomic E-state index is 9.27. The zero-order valence-corrected chi connectivity index (χ0v) is 15.7. The van der Waals surface area contributed by atoms with Gasteiger partial charge in [-0.1, -0.05) is 41.7 Å². The van der Waals surface area contributed by atoms with Crippen molar-refractivity contribution < 1.29 is 0 Å². The minimum atomic E-state index is 0.0593. The first kappa shape index (κ1) is 18.0. The summed E-state index contributed by atoms with van der Waals surface area (Å²) in [6.45, 7) is 0.483. The van der Waals surface area contributed by atoms with E-state index in [-0.39, 0.29) is 6.04 Å². The molecule has 28 heavy (non-hydrogen) atoms. The maximum Gasteiger partial charge on any atom is 0.206 e. The van der Waals surface area contributed by atoms with Crippen LogP contribution in [0.4, 0.5) is 5.13 Å². The molecule has 4 aromatic rings. The van der Waals surface area contributed by atoms with Gasteiger partial charge in [-0.3, -0.25) is 4.98 Å². The van der Waals surface area contributed by atoms with Crippen LogP contribution in [-0.4, -0.2) is 32.8 Å². The SMILES string of the molecule is N#Cc1cncc2ccc(-c3nnc(N[C@@H](CN)Cc4ccccc4)s3)nc12. The Hall–Kier alpha value is -3.41. The number of nitrogens with two attached hydrogens (primary N) is 1. The predicted molar refractivity (Wildman–Crippen MR) is 110 cm³/mol. The van der Waals surface area contributed by atoms with Crippen molar-refractivity contribution in [3.05, 3.63) is 66.0 Å². The van der Waals surface area contributed by atoms with E-state index in [9.17, 15) is 5.26 Å². The number of nitrogens with zero attached hydrogens (tertiary/aromatic N) is 5. The summed E-state index contributed by atoms with van der Waals surface area (Å²) in [5.41, 5.74) is 8.86. The smallest absolute Gasteiger partial charge is 0.206 e. The van der Waals surface area contributed by atoms with Crippen molar-refractivity contribution in [3.63, 3.8) is 0 Å². The summed E-state index contributed by atoms with van der Waals surface area (Å²) in [4.78, 5) is 8.65. The van der Waals surface area contributed by atoms with Crippen LogP contribution in [0, 0.1) is 11.3 Å². The number of hydrogen-bond acceptors (Lipinski definition) is 8. The number of hydrogen-bond donors (Lipinski definition) is 2. The van der Waals surface area contributed by atoms with Gasteiger partial charge in [0.1, 0.15) is 11.8 Å². The highest BCUT2D eigenvalue weighted by atomic mass is 32.1. The van der Waals surface area contributed by atoms with Crippen molar-refractivity contribution in [2.75, 3.05) is 11.9 Å². The number of nitrogens with one attached hydrogen (secondary N) is 1. The van der Waals surface area contributed by atoms with E-state index in [0.29, 0.717) is 33.5 Å². The van der Waals surface area contributed by atoms with Crippen molar-refractivity contribution in [3.8, 4) is 16.8 Å².